The Morgan fingerprint density at radius 1 is 1.33 bits per heavy atom. The van der Waals surface area contributed by atoms with E-state index in [-0.39, 0.29) is 6.54 Å². The summed E-state index contributed by atoms with van der Waals surface area (Å²) in [6, 6.07) is 7.93. The van der Waals surface area contributed by atoms with Crippen LogP contribution < -0.4 is 5.43 Å². The highest BCUT2D eigenvalue weighted by Crippen LogP contribution is 2.10. The lowest BCUT2D eigenvalue weighted by Crippen LogP contribution is -2.41. The topological polar surface area (TPSA) is 75.7 Å². The molecule has 0 aromatic heterocycles. The van der Waals surface area contributed by atoms with Gasteiger partial charge in [0.1, 0.15) is 0 Å². The van der Waals surface area contributed by atoms with Gasteiger partial charge >= 0.3 is 11.9 Å². The Morgan fingerprint density at radius 2 is 2.00 bits per heavy atom. The number of nitrogens with zero attached hydrogens (tertiary/aromatic N) is 1. The maximum atomic E-state index is 11.6. The van der Waals surface area contributed by atoms with Crippen LogP contribution in [0.2, 0.25) is 0 Å². The van der Waals surface area contributed by atoms with E-state index in [0.29, 0.717) is 0 Å². The largest absolute Gasteiger partial charge is 0.467 e. The van der Waals surface area contributed by atoms with Gasteiger partial charge in [0.2, 0.25) is 0 Å². The molecular formula is C12H12N2O4. The van der Waals surface area contributed by atoms with Crippen LogP contribution >= 0.6 is 0 Å². The number of hydrogen-bond donors (Lipinski definition) is 1. The minimum absolute atomic E-state index is 0.221. The van der Waals surface area contributed by atoms with Gasteiger partial charge in [0.05, 0.1) is 13.7 Å². The molecule has 1 unspecified atom stereocenters. The molecule has 1 amide bonds. The summed E-state index contributed by atoms with van der Waals surface area (Å²) in [5.74, 6) is -2.28. The van der Waals surface area contributed by atoms with Gasteiger partial charge in [0.15, 0.2) is 6.04 Å². The molecule has 1 saturated heterocycles. The molecule has 2 rings (SSSR count). The van der Waals surface area contributed by atoms with Gasteiger partial charge in [0.25, 0.3) is 5.78 Å². The Kier molecular flexibility index (Phi) is 3.38. The molecule has 0 aliphatic carbocycles. The number of amides is 1. The molecule has 1 heterocycles. The Morgan fingerprint density at radius 3 is 2.61 bits per heavy atom. The predicted octanol–water partition coefficient (Wildman–Crippen LogP) is -0.356. The van der Waals surface area contributed by atoms with Crippen molar-refractivity contribution in [2.45, 2.75) is 12.6 Å². The van der Waals surface area contributed by atoms with Crippen LogP contribution in [-0.4, -0.2) is 35.8 Å². The summed E-state index contributed by atoms with van der Waals surface area (Å²) in [5, 5.41) is 1.12. The highest BCUT2D eigenvalue weighted by atomic mass is 16.5. The molecule has 0 radical (unpaired) electrons. The minimum Gasteiger partial charge on any atom is -0.467 e. The molecule has 1 aromatic rings. The number of hydrogen-bond acceptors (Lipinski definition) is 5. The summed E-state index contributed by atoms with van der Waals surface area (Å²) in [5.41, 5.74) is 3.41. The van der Waals surface area contributed by atoms with E-state index in [1.165, 1.54) is 7.11 Å². The van der Waals surface area contributed by atoms with Crippen molar-refractivity contribution in [2.75, 3.05) is 7.11 Å². The first-order valence-corrected chi connectivity index (χ1v) is 5.37. The lowest BCUT2D eigenvalue weighted by atomic mass is 10.2. The molecule has 0 bridgehead atoms. The maximum Gasteiger partial charge on any atom is 0.333 e. The van der Waals surface area contributed by atoms with Gasteiger partial charge in [-0.1, -0.05) is 30.3 Å². The van der Waals surface area contributed by atoms with Crippen LogP contribution in [0.3, 0.4) is 0 Å². The highest BCUT2D eigenvalue weighted by molar-refractivity contribution is 6.43. The van der Waals surface area contributed by atoms with E-state index < -0.39 is 23.7 Å². The zero-order chi connectivity index (χ0) is 13.1. The quantitative estimate of drug-likeness (QED) is 0.449. The first-order chi connectivity index (χ1) is 8.63. The number of ketones is 1. The molecule has 0 spiro atoms. The Balaban J connectivity index is 2.10. The first kappa shape index (κ1) is 12.3. The number of ether oxygens (including phenoxy) is 1. The second-order valence-corrected chi connectivity index (χ2v) is 3.83. The smallest absolute Gasteiger partial charge is 0.333 e. The number of carbonyl (C=O) groups is 3. The van der Waals surface area contributed by atoms with E-state index in [2.05, 4.69) is 10.2 Å². The van der Waals surface area contributed by atoms with Gasteiger partial charge in [-0.15, -0.1) is 0 Å². The van der Waals surface area contributed by atoms with Crippen molar-refractivity contribution in [1.82, 2.24) is 10.4 Å². The number of carbonyl (C=O) groups excluding carboxylic acids is 3. The van der Waals surface area contributed by atoms with Crippen molar-refractivity contribution in [2.24, 2.45) is 0 Å². The fourth-order valence-corrected chi connectivity index (χ4v) is 1.69. The fraction of sp³-hybridized carbons (Fsp3) is 0.250. The number of esters is 1. The second-order valence-electron chi connectivity index (χ2n) is 3.83. The molecular weight excluding hydrogens is 236 g/mol. The van der Waals surface area contributed by atoms with E-state index in [0.717, 1.165) is 10.6 Å². The van der Waals surface area contributed by atoms with Crippen LogP contribution in [0.5, 0.6) is 0 Å². The van der Waals surface area contributed by atoms with Crippen LogP contribution in [-0.2, 0) is 25.7 Å². The monoisotopic (exact) mass is 248 g/mol. The van der Waals surface area contributed by atoms with Crippen LogP contribution in [0.15, 0.2) is 30.3 Å². The molecule has 1 atom stereocenters. The van der Waals surface area contributed by atoms with Crippen molar-refractivity contribution in [3.63, 3.8) is 0 Å². The van der Waals surface area contributed by atoms with Gasteiger partial charge in [-0.3, -0.25) is 14.6 Å². The average Bonchev–Trinajstić information content (AvgIpc) is 2.67. The first-order valence-electron chi connectivity index (χ1n) is 5.37. The summed E-state index contributed by atoms with van der Waals surface area (Å²) in [7, 11) is 1.17. The van der Waals surface area contributed by atoms with Crippen molar-refractivity contribution < 1.29 is 19.1 Å². The van der Waals surface area contributed by atoms with Gasteiger partial charge in [-0.05, 0) is 5.56 Å². The van der Waals surface area contributed by atoms with Crippen molar-refractivity contribution >= 4 is 17.7 Å². The van der Waals surface area contributed by atoms with E-state index >= 15 is 0 Å². The van der Waals surface area contributed by atoms with E-state index in [1.807, 2.05) is 30.3 Å². The third kappa shape index (κ3) is 2.23. The van der Waals surface area contributed by atoms with Crippen molar-refractivity contribution in [3.8, 4) is 0 Å². The van der Waals surface area contributed by atoms with Gasteiger partial charge in [-0.2, -0.15) is 0 Å². The molecule has 6 heteroatoms. The molecule has 1 aliphatic heterocycles. The molecule has 6 nitrogen and oxygen atoms in total. The van der Waals surface area contributed by atoms with Crippen molar-refractivity contribution in [3.05, 3.63) is 35.9 Å². The van der Waals surface area contributed by atoms with E-state index in [1.54, 1.807) is 0 Å². The van der Waals surface area contributed by atoms with Crippen LogP contribution in [0.25, 0.3) is 0 Å². The third-order valence-electron chi connectivity index (χ3n) is 2.62. The van der Waals surface area contributed by atoms with Crippen molar-refractivity contribution in [1.29, 1.82) is 0 Å². The van der Waals surface area contributed by atoms with Crippen LogP contribution in [0.4, 0.5) is 0 Å². The summed E-state index contributed by atoms with van der Waals surface area (Å²) in [6.45, 7) is 0.221. The van der Waals surface area contributed by atoms with Gasteiger partial charge < -0.3 is 4.74 Å². The number of rotatable bonds is 3. The van der Waals surface area contributed by atoms with E-state index in [9.17, 15) is 14.4 Å². The average molecular weight is 248 g/mol. The molecule has 1 aliphatic rings. The number of nitrogens with one attached hydrogen (secondary N) is 1. The lowest BCUT2D eigenvalue weighted by Gasteiger charge is -2.15. The molecule has 1 N–H and O–H groups in total. The Bertz CT molecular complexity index is 486. The summed E-state index contributed by atoms with van der Waals surface area (Å²) in [4.78, 5) is 34.5. The summed E-state index contributed by atoms with van der Waals surface area (Å²) in [6.07, 6.45) is 0. The zero-order valence-electron chi connectivity index (χ0n) is 9.75. The lowest BCUT2D eigenvalue weighted by molar-refractivity contribution is -0.147. The molecule has 18 heavy (non-hydrogen) atoms. The second kappa shape index (κ2) is 4.97. The number of Topliss-reactive ketones (excluding diaryl/α,β-unsaturated/α-hetero) is 1. The van der Waals surface area contributed by atoms with Gasteiger partial charge in [0, 0.05) is 0 Å². The molecule has 94 valence electrons. The van der Waals surface area contributed by atoms with Gasteiger partial charge in [-0.25, -0.2) is 10.2 Å². The predicted molar refractivity (Wildman–Crippen MR) is 60.9 cm³/mol. The standard InChI is InChI=1S/C12H12N2O4/c1-18-12(17)9-10(15)11(16)14(13-9)7-8-5-3-2-4-6-8/h2-6,9,13H,7H2,1H3. The number of hydrazine groups is 1. The van der Waals surface area contributed by atoms with Crippen LogP contribution in [0, 0.1) is 0 Å². The molecule has 1 aromatic carbocycles. The number of methoxy groups -OCH3 is 1. The highest BCUT2D eigenvalue weighted by Gasteiger charge is 2.43. The molecule has 0 saturated carbocycles. The summed E-state index contributed by atoms with van der Waals surface area (Å²) >= 11 is 0. The normalized spacial score (nSPS) is 19.2. The number of benzene rings is 1. The zero-order valence-corrected chi connectivity index (χ0v) is 9.75. The third-order valence-corrected chi connectivity index (χ3v) is 2.62. The Hall–Kier alpha value is -2.21. The minimum atomic E-state index is -1.23. The SMILES string of the molecule is COC(=O)C1NN(Cc2ccccc2)C(=O)C1=O. The molecule has 1 fully saturated rings. The van der Waals surface area contributed by atoms with Crippen LogP contribution in [0.1, 0.15) is 5.56 Å². The maximum absolute atomic E-state index is 11.6. The Labute approximate surface area is 103 Å². The van der Waals surface area contributed by atoms with E-state index in [4.69, 9.17) is 0 Å². The fourth-order valence-electron chi connectivity index (χ4n) is 1.69. The summed E-state index contributed by atoms with van der Waals surface area (Å²) < 4.78 is 4.45.